The molecule has 0 saturated heterocycles. The molecule has 1 N–H and O–H groups in total. The van der Waals surface area contributed by atoms with Crippen molar-refractivity contribution in [3.8, 4) is 22.5 Å². The van der Waals surface area contributed by atoms with Gasteiger partial charge in [0.15, 0.2) is 10.8 Å². The van der Waals surface area contributed by atoms with E-state index in [2.05, 4.69) is 56.7 Å². The van der Waals surface area contributed by atoms with Crippen molar-refractivity contribution in [3.63, 3.8) is 0 Å². The Morgan fingerprint density at radius 1 is 1.09 bits per heavy atom. The number of thiazole rings is 1. The van der Waals surface area contributed by atoms with E-state index in [4.69, 9.17) is 0 Å². The number of pyridine rings is 1. The minimum Gasteiger partial charge on any atom is -0.300 e. The lowest BCUT2D eigenvalue weighted by molar-refractivity contribution is -0.116. The summed E-state index contributed by atoms with van der Waals surface area (Å²) in [5, 5.41) is 15.0. The Labute approximate surface area is 188 Å². The Morgan fingerprint density at radius 2 is 1.91 bits per heavy atom. The van der Waals surface area contributed by atoms with Crippen LogP contribution < -0.4 is 5.32 Å². The van der Waals surface area contributed by atoms with Crippen LogP contribution in [0.15, 0.2) is 54.2 Å². The van der Waals surface area contributed by atoms with Gasteiger partial charge in [-0.05, 0) is 37.1 Å². The van der Waals surface area contributed by atoms with E-state index in [1.54, 1.807) is 21.8 Å². The lowest BCUT2D eigenvalue weighted by atomic mass is 10.0. The highest BCUT2D eigenvalue weighted by molar-refractivity contribution is 7.14. The van der Waals surface area contributed by atoms with Crippen LogP contribution in [-0.2, 0) is 18.4 Å². The first-order valence-electron chi connectivity index (χ1n) is 10.1. The van der Waals surface area contributed by atoms with Crippen LogP contribution in [-0.4, -0.2) is 35.4 Å². The number of fused-ring (bicyclic) bond motifs is 1. The molecule has 0 aliphatic rings. The van der Waals surface area contributed by atoms with Gasteiger partial charge in [-0.25, -0.2) is 14.6 Å². The summed E-state index contributed by atoms with van der Waals surface area (Å²) in [6, 6.07) is 12.2. The highest BCUT2D eigenvalue weighted by Crippen LogP contribution is 2.30. The zero-order valence-corrected chi connectivity index (χ0v) is 18.7. The van der Waals surface area contributed by atoms with Crippen LogP contribution in [0.2, 0.25) is 0 Å². The van der Waals surface area contributed by atoms with Crippen LogP contribution in [0.4, 0.5) is 5.13 Å². The molecule has 1 amide bonds. The van der Waals surface area contributed by atoms with Crippen molar-refractivity contribution >= 4 is 33.4 Å². The number of aryl methyl sites for hydroxylation is 3. The Bertz CT molecular complexity index is 1430. The maximum Gasteiger partial charge on any atom is 0.247 e. The lowest BCUT2D eigenvalue weighted by Gasteiger charge is -2.06. The molecule has 0 bridgehead atoms. The van der Waals surface area contributed by atoms with E-state index in [-0.39, 0.29) is 12.5 Å². The maximum absolute atomic E-state index is 12.7. The zero-order valence-electron chi connectivity index (χ0n) is 17.9. The summed E-state index contributed by atoms with van der Waals surface area (Å²) in [4.78, 5) is 21.8. The number of hydrogen-bond donors (Lipinski definition) is 1. The zero-order chi connectivity index (χ0) is 22.2. The number of nitrogens with one attached hydrogen (secondary N) is 1. The molecule has 160 valence electrons. The molecule has 32 heavy (non-hydrogen) atoms. The van der Waals surface area contributed by atoms with Gasteiger partial charge in [0.05, 0.1) is 11.4 Å². The summed E-state index contributed by atoms with van der Waals surface area (Å²) in [5.41, 5.74) is 6.55. The largest absolute Gasteiger partial charge is 0.300 e. The molecule has 0 fully saturated rings. The number of aromatic nitrogens is 6. The molecule has 9 heteroatoms. The van der Waals surface area contributed by atoms with Gasteiger partial charge in [-0.1, -0.05) is 29.8 Å². The number of benzene rings is 1. The molecule has 0 unspecified atom stereocenters. The van der Waals surface area contributed by atoms with Crippen LogP contribution in [0, 0.1) is 13.8 Å². The molecule has 0 saturated carbocycles. The first-order chi connectivity index (χ1) is 15.5. The number of hydrogen-bond acceptors (Lipinski definition) is 6. The molecular weight excluding hydrogens is 422 g/mol. The number of carbonyl (C=O) groups is 1. The third-order valence-electron chi connectivity index (χ3n) is 5.30. The van der Waals surface area contributed by atoms with Gasteiger partial charge in [-0.15, -0.1) is 11.3 Å². The second-order valence-corrected chi connectivity index (χ2v) is 8.45. The minimum atomic E-state index is -0.206. The van der Waals surface area contributed by atoms with Crippen molar-refractivity contribution in [1.29, 1.82) is 0 Å². The predicted octanol–water partition coefficient (Wildman–Crippen LogP) is 4.21. The molecule has 8 nitrogen and oxygen atoms in total. The number of anilines is 1. The fourth-order valence-electron chi connectivity index (χ4n) is 3.73. The van der Waals surface area contributed by atoms with E-state index < -0.39 is 0 Å². The van der Waals surface area contributed by atoms with Crippen molar-refractivity contribution in [2.24, 2.45) is 7.05 Å². The first kappa shape index (κ1) is 20.1. The molecule has 4 heterocycles. The van der Waals surface area contributed by atoms with E-state index >= 15 is 0 Å². The molecule has 5 aromatic rings. The maximum atomic E-state index is 12.7. The summed E-state index contributed by atoms with van der Waals surface area (Å²) in [6.45, 7) is 4.06. The van der Waals surface area contributed by atoms with E-state index in [9.17, 15) is 4.79 Å². The number of carbonyl (C=O) groups excluding carboxylic acids is 1. The minimum absolute atomic E-state index is 0.0509. The van der Waals surface area contributed by atoms with Crippen LogP contribution in [0.5, 0.6) is 0 Å². The number of nitrogens with zero attached hydrogens (tertiary/aromatic N) is 6. The fraction of sp³-hybridized carbons (Fsp3) is 0.174. The van der Waals surface area contributed by atoms with Crippen molar-refractivity contribution in [2.75, 3.05) is 5.32 Å². The second kappa shape index (κ2) is 8.01. The highest BCUT2D eigenvalue weighted by Gasteiger charge is 2.17. The Kier molecular flexibility index (Phi) is 5.02. The van der Waals surface area contributed by atoms with E-state index in [1.807, 2.05) is 31.5 Å². The Morgan fingerprint density at radius 3 is 2.66 bits per heavy atom. The van der Waals surface area contributed by atoms with E-state index in [0.717, 1.165) is 33.6 Å². The van der Waals surface area contributed by atoms with Crippen molar-refractivity contribution in [1.82, 2.24) is 29.5 Å². The van der Waals surface area contributed by atoms with E-state index in [0.29, 0.717) is 10.8 Å². The number of amides is 1. The second-order valence-electron chi connectivity index (χ2n) is 7.59. The summed E-state index contributed by atoms with van der Waals surface area (Å²) in [6.07, 6.45) is 3.48. The normalized spacial score (nSPS) is 11.2. The molecule has 0 spiro atoms. The predicted molar refractivity (Wildman–Crippen MR) is 125 cm³/mol. The third kappa shape index (κ3) is 3.67. The van der Waals surface area contributed by atoms with Crippen LogP contribution in [0.3, 0.4) is 0 Å². The first-order valence-corrected chi connectivity index (χ1v) is 11.0. The summed E-state index contributed by atoms with van der Waals surface area (Å²) in [7, 11) is 1.86. The van der Waals surface area contributed by atoms with Crippen molar-refractivity contribution < 1.29 is 4.79 Å². The summed E-state index contributed by atoms with van der Waals surface area (Å²) < 4.78 is 3.39. The molecule has 1 aromatic carbocycles. The molecule has 5 rings (SSSR count). The van der Waals surface area contributed by atoms with Gasteiger partial charge in [0.2, 0.25) is 5.91 Å². The van der Waals surface area contributed by atoms with Gasteiger partial charge in [-0.2, -0.15) is 10.2 Å². The average Bonchev–Trinajstić information content (AvgIpc) is 3.48. The van der Waals surface area contributed by atoms with Crippen LogP contribution in [0.1, 0.15) is 11.3 Å². The smallest absolute Gasteiger partial charge is 0.247 e. The van der Waals surface area contributed by atoms with Gasteiger partial charge >= 0.3 is 0 Å². The standard InChI is InChI=1S/C23H21N7OS/c1-14-4-6-16(7-5-14)17-8-10-24-22-21(17)15(2)28-30(22)12-20(31)27-23-26-18(13-32-23)19-9-11-25-29(19)3/h4-11,13H,12H2,1-3H3,(H,26,27,31). The van der Waals surface area contributed by atoms with Crippen LogP contribution in [0.25, 0.3) is 33.5 Å². The van der Waals surface area contributed by atoms with Crippen LogP contribution >= 0.6 is 11.3 Å². The van der Waals surface area contributed by atoms with Gasteiger partial charge in [-0.3, -0.25) is 9.48 Å². The average molecular weight is 444 g/mol. The summed E-state index contributed by atoms with van der Waals surface area (Å²) >= 11 is 1.38. The SMILES string of the molecule is Cc1ccc(-c2ccnc3c2c(C)nn3CC(=O)Nc2nc(-c3ccnn3C)cs2)cc1. The number of rotatable bonds is 5. The van der Waals surface area contributed by atoms with Gasteiger partial charge in [0, 0.05) is 30.2 Å². The molecule has 0 aliphatic heterocycles. The van der Waals surface area contributed by atoms with Gasteiger partial charge in [0.1, 0.15) is 12.2 Å². The quantitative estimate of drug-likeness (QED) is 0.439. The molecule has 0 radical (unpaired) electrons. The molecule has 0 atom stereocenters. The highest BCUT2D eigenvalue weighted by atomic mass is 32.1. The topological polar surface area (TPSA) is 90.5 Å². The van der Waals surface area contributed by atoms with Crippen molar-refractivity contribution in [3.05, 3.63) is 65.4 Å². The van der Waals surface area contributed by atoms with Gasteiger partial charge < -0.3 is 5.32 Å². The fourth-order valence-corrected chi connectivity index (χ4v) is 4.45. The molecular formula is C23H21N7OS. The Hall–Kier alpha value is -3.85. The summed E-state index contributed by atoms with van der Waals surface area (Å²) in [5.74, 6) is -0.206. The Balaban J connectivity index is 1.39. The molecule has 4 aromatic heterocycles. The lowest BCUT2D eigenvalue weighted by Crippen LogP contribution is -2.19. The van der Waals surface area contributed by atoms with Gasteiger partial charge in [0.25, 0.3) is 0 Å². The van der Waals surface area contributed by atoms with E-state index in [1.165, 1.54) is 16.9 Å². The molecule has 0 aliphatic carbocycles. The third-order valence-corrected chi connectivity index (χ3v) is 6.06. The van der Waals surface area contributed by atoms with Crippen molar-refractivity contribution in [2.45, 2.75) is 20.4 Å². The monoisotopic (exact) mass is 443 g/mol.